The summed E-state index contributed by atoms with van der Waals surface area (Å²) in [5.41, 5.74) is 0. The summed E-state index contributed by atoms with van der Waals surface area (Å²) in [4.78, 5) is 3.95. The zero-order valence-electron chi connectivity index (χ0n) is 10.9. The Kier molecular flexibility index (Phi) is 7.63. The number of nitrogens with one attached hydrogen (secondary N) is 1. The van der Waals surface area contributed by atoms with E-state index >= 15 is 0 Å². The first-order valence-corrected chi connectivity index (χ1v) is 6.88. The number of rotatable bonds is 10. The number of aliphatic hydroxyl groups excluding tert-OH is 1. The number of nitrogens with zero attached hydrogens (tertiary/aromatic N) is 2. The summed E-state index contributed by atoms with van der Waals surface area (Å²) in [6.07, 6.45) is 12.0. The maximum absolute atomic E-state index is 9.75. The Morgan fingerprint density at radius 1 is 1.12 bits per heavy atom. The highest BCUT2D eigenvalue weighted by atomic mass is 16.3. The molecule has 1 aromatic rings. The highest BCUT2D eigenvalue weighted by Gasteiger charge is 2.09. The van der Waals surface area contributed by atoms with Crippen LogP contribution in [-0.4, -0.2) is 20.3 Å². The predicted octanol–water partition coefficient (Wildman–Crippen LogP) is 3.37. The smallest absolute Gasteiger partial charge is 0.153 e. The van der Waals surface area contributed by atoms with Crippen molar-refractivity contribution >= 4 is 0 Å². The third-order valence-corrected chi connectivity index (χ3v) is 3.08. The minimum absolute atomic E-state index is 0.474. The molecule has 0 saturated heterocycles. The Labute approximate surface area is 104 Å². The van der Waals surface area contributed by atoms with Crippen LogP contribution in [0.15, 0.2) is 6.33 Å². The van der Waals surface area contributed by atoms with Gasteiger partial charge in [0.15, 0.2) is 5.82 Å². The first kappa shape index (κ1) is 14.2. The number of hydrogen-bond acceptors (Lipinski definition) is 3. The Morgan fingerprint density at radius 2 is 1.76 bits per heavy atom. The third-order valence-electron chi connectivity index (χ3n) is 3.08. The molecule has 1 aromatic heterocycles. The molecule has 4 nitrogen and oxygen atoms in total. The third kappa shape index (κ3) is 6.41. The standard InChI is InChI=1S/C13H25N3O/c1-2-3-4-5-6-7-8-9-10-12(17)13-14-11-15-16-13/h11-12,17H,2-10H2,1H3,(H,14,15,16). The van der Waals surface area contributed by atoms with E-state index in [-0.39, 0.29) is 0 Å². The van der Waals surface area contributed by atoms with Crippen molar-refractivity contribution in [2.75, 3.05) is 0 Å². The minimum atomic E-state index is -0.474. The van der Waals surface area contributed by atoms with Gasteiger partial charge in [-0.05, 0) is 6.42 Å². The molecule has 0 radical (unpaired) electrons. The van der Waals surface area contributed by atoms with E-state index in [4.69, 9.17) is 0 Å². The molecule has 0 spiro atoms. The molecule has 2 N–H and O–H groups in total. The molecule has 0 aliphatic carbocycles. The SMILES string of the molecule is CCCCCCCCCCC(O)c1ncn[nH]1. The number of H-pyrrole nitrogens is 1. The zero-order valence-corrected chi connectivity index (χ0v) is 10.9. The molecular formula is C13H25N3O. The van der Waals surface area contributed by atoms with Crippen LogP contribution in [0.25, 0.3) is 0 Å². The monoisotopic (exact) mass is 239 g/mol. The number of hydrogen-bond donors (Lipinski definition) is 2. The molecule has 0 saturated carbocycles. The van der Waals surface area contributed by atoms with Crippen molar-refractivity contribution in [2.24, 2.45) is 0 Å². The van der Waals surface area contributed by atoms with Crippen molar-refractivity contribution in [3.63, 3.8) is 0 Å². The molecule has 17 heavy (non-hydrogen) atoms. The van der Waals surface area contributed by atoms with Crippen LogP contribution in [0.2, 0.25) is 0 Å². The number of aromatic amines is 1. The lowest BCUT2D eigenvalue weighted by molar-refractivity contribution is 0.154. The number of unbranched alkanes of at least 4 members (excludes halogenated alkanes) is 7. The fraction of sp³-hybridized carbons (Fsp3) is 0.846. The molecule has 0 aliphatic heterocycles. The van der Waals surface area contributed by atoms with Gasteiger partial charge in [0.25, 0.3) is 0 Å². The van der Waals surface area contributed by atoms with E-state index in [0.717, 1.165) is 12.8 Å². The van der Waals surface area contributed by atoms with Gasteiger partial charge in [0.05, 0.1) is 0 Å². The van der Waals surface area contributed by atoms with E-state index in [1.807, 2.05) is 0 Å². The van der Waals surface area contributed by atoms with Crippen LogP contribution >= 0.6 is 0 Å². The normalized spacial score (nSPS) is 12.8. The van der Waals surface area contributed by atoms with Crippen molar-refractivity contribution in [3.8, 4) is 0 Å². The Bertz CT molecular complexity index is 262. The van der Waals surface area contributed by atoms with Gasteiger partial charge in [0, 0.05) is 0 Å². The van der Waals surface area contributed by atoms with Crippen molar-refractivity contribution in [3.05, 3.63) is 12.2 Å². The molecule has 1 unspecified atom stereocenters. The summed E-state index contributed by atoms with van der Waals surface area (Å²) in [5.74, 6) is 0.591. The van der Waals surface area contributed by atoms with Crippen LogP contribution < -0.4 is 0 Å². The van der Waals surface area contributed by atoms with Crippen LogP contribution in [0.4, 0.5) is 0 Å². The van der Waals surface area contributed by atoms with Gasteiger partial charge in [0.2, 0.25) is 0 Å². The van der Waals surface area contributed by atoms with Gasteiger partial charge in [-0.2, -0.15) is 5.10 Å². The lowest BCUT2D eigenvalue weighted by Crippen LogP contribution is -1.99. The van der Waals surface area contributed by atoms with Crippen LogP contribution in [0.3, 0.4) is 0 Å². The average molecular weight is 239 g/mol. The second-order valence-corrected chi connectivity index (χ2v) is 4.65. The van der Waals surface area contributed by atoms with Crippen LogP contribution in [0.1, 0.15) is 76.6 Å². The molecular weight excluding hydrogens is 214 g/mol. The molecule has 1 heterocycles. The molecule has 1 rings (SSSR count). The summed E-state index contributed by atoms with van der Waals surface area (Å²) in [5, 5.41) is 16.2. The Hall–Kier alpha value is -0.900. The van der Waals surface area contributed by atoms with E-state index in [1.165, 1.54) is 51.3 Å². The van der Waals surface area contributed by atoms with Gasteiger partial charge in [-0.15, -0.1) is 0 Å². The second kappa shape index (κ2) is 9.16. The van der Waals surface area contributed by atoms with E-state index in [0.29, 0.717) is 5.82 Å². The van der Waals surface area contributed by atoms with Crippen LogP contribution in [0, 0.1) is 0 Å². The Balaban J connectivity index is 1.90. The second-order valence-electron chi connectivity index (χ2n) is 4.65. The van der Waals surface area contributed by atoms with Crippen molar-refractivity contribution < 1.29 is 5.11 Å². The van der Waals surface area contributed by atoms with Crippen molar-refractivity contribution in [1.82, 2.24) is 15.2 Å². The summed E-state index contributed by atoms with van der Waals surface area (Å²) in [6.45, 7) is 2.24. The van der Waals surface area contributed by atoms with E-state index in [9.17, 15) is 5.11 Å². The maximum Gasteiger partial charge on any atom is 0.153 e. The predicted molar refractivity (Wildman–Crippen MR) is 68.6 cm³/mol. The van der Waals surface area contributed by atoms with Gasteiger partial charge in [-0.3, -0.25) is 5.10 Å². The van der Waals surface area contributed by atoms with Gasteiger partial charge in [0.1, 0.15) is 12.4 Å². The molecule has 98 valence electrons. The van der Waals surface area contributed by atoms with E-state index < -0.39 is 6.10 Å². The van der Waals surface area contributed by atoms with Gasteiger partial charge >= 0.3 is 0 Å². The van der Waals surface area contributed by atoms with Gasteiger partial charge < -0.3 is 5.11 Å². The molecule has 1 atom stereocenters. The maximum atomic E-state index is 9.75. The highest BCUT2D eigenvalue weighted by Crippen LogP contribution is 2.16. The van der Waals surface area contributed by atoms with Gasteiger partial charge in [-0.25, -0.2) is 4.98 Å². The van der Waals surface area contributed by atoms with Crippen LogP contribution in [-0.2, 0) is 0 Å². The molecule has 0 fully saturated rings. The average Bonchev–Trinajstić information content (AvgIpc) is 2.86. The first-order chi connectivity index (χ1) is 8.34. The van der Waals surface area contributed by atoms with Gasteiger partial charge in [-0.1, -0.05) is 58.3 Å². The van der Waals surface area contributed by atoms with Crippen LogP contribution in [0.5, 0.6) is 0 Å². The molecule has 0 aromatic carbocycles. The summed E-state index contributed by atoms with van der Waals surface area (Å²) < 4.78 is 0. The fourth-order valence-electron chi connectivity index (χ4n) is 1.98. The molecule has 0 aliphatic rings. The highest BCUT2D eigenvalue weighted by molar-refractivity contribution is 4.85. The summed E-state index contributed by atoms with van der Waals surface area (Å²) in [6, 6.07) is 0. The minimum Gasteiger partial charge on any atom is -0.385 e. The lowest BCUT2D eigenvalue weighted by atomic mass is 10.1. The number of aromatic nitrogens is 3. The summed E-state index contributed by atoms with van der Waals surface area (Å²) >= 11 is 0. The first-order valence-electron chi connectivity index (χ1n) is 6.88. The van der Waals surface area contributed by atoms with E-state index in [1.54, 1.807) is 0 Å². The zero-order chi connectivity index (χ0) is 12.3. The largest absolute Gasteiger partial charge is 0.385 e. The summed E-state index contributed by atoms with van der Waals surface area (Å²) in [7, 11) is 0. The van der Waals surface area contributed by atoms with Crippen molar-refractivity contribution in [1.29, 1.82) is 0 Å². The molecule has 4 heteroatoms. The topological polar surface area (TPSA) is 61.8 Å². The van der Waals surface area contributed by atoms with E-state index in [2.05, 4.69) is 22.1 Å². The molecule has 0 amide bonds. The number of aliphatic hydroxyl groups is 1. The quantitative estimate of drug-likeness (QED) is 0.615. The fourth-order valence-corrected chi connectivity index (χ4v) is 1.98. The molecule has 0 bridgehead atoms. The Morgan fingerprint density at radius 3 is 2.35 bits per heavy atom. The van der Waals surface area contributed by atoms with Crippen molar-refractivity contribution in [2.45, 2.75) is 70.8 Å². The lowest BCUT2D eigenvalue weighted by Gasteiger charge is -2.06.